The molecule has 8 nitrogen and oxygen atoms in total. The van der Waals surface area contributed by atoms with Crippen molar-refractivity contribution >= 4 is 12.0 Å². The number of rotatable bonds is 2. The lowest BCUT2D eigenvalue weighted by atomic mass is 10.1. The van der Waals surface area contributed by atoms with E-state index < -0.39 is 6.09 Å². The highest BCUT2D eigenvalue weighted by molar-refractivity contribution is 5.76. The fraction of sp³-hybridized carbons (Fsp3) is 0.455. The third-order valence-corrected chi connectivity index (χ3v) is 2.83. The molecule has 8 heteroatoms. The molecule has 0 bridgehead atoms. The maximum absolute atomic E-state index is 11.6. The topological polar surface area (TPSA) is 113 Å². The molecule has 0 aliphatic carbocycles. The lowest BCUT2D eigenvalue weighted by Gasteiger charge is -2.15. The minimum absolute atomic E-state index is 0.0432. The predicted molar refractivity (Wildman–Crippen MR) is 63.5 cm³/mol. The van der Waals surface area contributed by atoms with Crippen LogP contribution in [0.4, 0.5) is 4.79 Å². The minimum Gasteiger partial charge on any atom is -0.492 e. The summed E-state index contributed by atoms with van der Waals surface area (Å²) in [4.78, 5) is 27.5. The number of hydrogen-bond acceptors (Lipinski definition) is 5. The molecular weight excluding hydrogens is 254 g/mol. The molecule has 19 heavy (non-hydrogen) atoms. The Morgan fingerprint density at radius 2 is 2.05 bits per heavy atom. The van der Waals surface area contributed by atoms with Crippen LogP contribution in [0.25, 0.3) is 0 Å². The zero-order chi connectivity index (χ0) is 13.8. The van der Waals surface area contributed by atoms with E-state index >= 15 is 0 Å². The summed E-state index contributed by atoms with van der Waals surface area (Å²) in [5.41, 5.74) is 0. The van der Waals surface area contributed by atoms with Crippen LogP contribution in [0.3, 0.4) is 0 Å². The molecule has 1 fully saturated rings. The van der Waals surface area contributed by atoms with Gasteiger partial charge in [-0.15, -0.1) is 4.73 Å². The van der Waals surface area contributed by atoms with E-state index in [1.165, 1.54) is 12.1 Å². The molecule has 0 aromatic carbocycles. The molecule has 2 amide bonds. The molecule has 0 unspecified atom stereocenters. The van der Waals surface area contributed by atoms with Crippen LogP contribution in [0.2, 0.25) is 0 Å². The summed E-state index contributed by atoms with van der Waals surface area (Å²) in [7, 11) is 0. The number of aromatic hydroxyl groups is 2. The number of aromatic nitrogens is 1. The highest BCUT2D eigenvalue weighted by Gasteiger charge is 2.20. The average molecular weight is 269 g/mol. The smallest absolute Gasteiger partial charge is 0.432 e. The Kier molecular flexibility index (Phi) is 3.79. The van der Waals surface area contributed by atoms with Crippen LogP contribution in [0.15, 0.2) is 12.1 Å². The first-order chi connectivity index (χ1) is 9.06. The molecule has 1 atom stereocenters. The third-order valence-electron chi connectivity index (χ3n) is 2.83. The van der Waals surface area contributed by atoms with Gasteiger partial charge in [-0.25, -0.2) is 4.79 Å². The summed E-state index contributed by atoms with van der Waals surface area (Å²) in [5, 5.41) is 23.9. The monoisotopic (exact) mass is 269 g/mol. The Hall–Kier alpha value is -2.38. The first kappa shape index (κ1) is 13.1. The van der Waals surface area contributed by atoms with E-state index in [2.05, 4.69) is 10.6 Å². The molecule has 1 aromatic heterocycles. The Balaban J connectivity index is 1.89. The maximum Gasteiger partial charge on any atom is 0.432 e. The summed E-state index contributed by atoms with van der Waals surface area (Å²) < 4.78 is 0.607. The second-order valence-electron chi connectivity index (χ2n) is 4.24. The Morgan fingerprint density at radius 3 is 2.74 bits per heavy atom. The number of amides is 2. The van der Waals surface area contributed by atoms with Crippen molar-refractivity contribution in [1.29, 1.82) is 0 Å². The van der Waals surface area contributed by atoms with E-state index in [4.69, 9.17) is 4.84 Å². The van der Waals surface area contributed by atoms with Crippen molar-refractivity contribution < 1.29 is 24.6 Å². The first-order valence-corrected chi connectivity index (χ1v) is 5.91. The van der Waals surface area contributed by atoms with Gasteiger partial charge in [-0.05, 0) is 12.8 Å². The summed E-state index contributed by atoms with van der Waals surface area (Å²) in [6.07, 6.45) is 0.654. The highest BCUT2D eigenvalue weighted by Crippen LogP contribution is 2.18. The number of hydrogen-bond donors (Lipinski definition) is 4. The van der Waals surface area contributed by atoms with Gasteiger partial charge < -0.3 is 25.7 Å². The van der Waals surface area contributed by atoms with Crippen LogP contribution >= 0.6 is 0 Å². The average Bonchev–Trinajstić information content (AvgIpc) is 2.57. The molecular formula is C11H15N3O5. The highest BCUT2D eigenvalue weighted by atomic mass is 16.7. The van der Waals surface area contributed by atoms with Gasteiger partial charge in [0.1, 0.15) is 0 Å². The fourth-order valence-corrected chi connectivity index (χ4v) is 1.84. The lowest BCUT2D eigenvalue weighted by molar-refractivity contribution is -0.120. The maximum atomic E-state index is 11.6. The molecule has 0 spiro atoms. The Bertz CT molecular complexity index is 465. The van der Waals surface area contributed by atoms with Crippen LogP contribution in [0, 0.1) is 0 Å². The molecule has 1 aliphatic rings. The van der Waals surface area contributed by atoms with Crippen LogP contribution < -0.4 is 15.5 Å². The summed E-state index contributed by atoms with van der Waals surface area (Å²) in [6.45, 7) is 0.490. The Labute approximate surface area is 108 Å². The van der Waals surface area contributed by atoms with E-state index in [1.807, 2.05) is 0 Å². The molecule has 0 saturated carbocycles. The molecule has 1 aromatic rings. The van der Waals surface area contributed by atoms with E-state index in [0.717, 1.165) is 0 Å². The van der Waals surface area contributed by atoms with E-state index in [-0.39, 0.29) is 23.7 Å². The van der Waals surface area contributed by atoms with Gasteiger partial charge in [0.05, 0.1) is 0 Å². The molecule has 2 rings (SSSR count). The van der Waals surface area contributed by atoms with Crippen molar-refractivity contribution in [3.05, 3.63) is 12.1 Å². The van der Waals surface area contributed by atoms with Gasteiger partial charge in [-0.2, -0.15) is 0 Å². The van der Waals surface area contributed by atoms with Gasteiger partial charge in [0.25, 0.3) is 0 Å². The molecule has 1 saturated heterocycles. The molecule has 2 heterocycles. The predicted octanol–water partition coefficient (Wildman–Crippen LogP) is -0.294. The second-order valence-corrected chi connectivity index (χ2v) is 4.24. The Morgan fingerprint density at radius 1 is 1.37 bits per heavy atom. The van der Waals surface area contributed by atoms with Gasteiger partial charge in [0.15, 0.2) is 0 Å². The number of nitrogens with zero attached hydrogens (tertiary/aromatic N) is 1. The molecule has 1 aliphatic heterocycles. The SMILES string of the molecule is O=C1CC[C@@H](NC(=O)On2c(O)ccc2O)CCN1. The van der Waals surface area contributed by atoms with Gasteiger partial charge in [-0.1, -0.05) is 0 Å². The standard InChI is InChI=1S/C11H15N3O5/c15-8-2-1-7(5-6-12-8)13-11(18)19-14-9(16)3-4-10(14)17/h3-4,7,16-17H,1-2,5-6H2,(H,12,15)(H,13,18)/t7-/m1/s1. The van der Waals surface area contributed by atoms with Crippen molar-refractivity contribution in [2.45, 2.75) is 25.3 Å². The zero-order valence-corrected chi connectivity index (χ0v) is 10.1. The van der Waals surface area contributed by atoms with Crippen LogP contribution in [0.1, 0.15) is 19.3 Å². The van der Waals surface area contributed by atoms with E-state index in [1.54, 1.807) is 0 Å². The summed E-state index contributed by atoms with van der Waals surface area (Å²) >= 11 is 0. The molecule has 4 N–H and O–H groups in total. The van der Waals surface area contributed by atoms with Crippen LogP contribution in [0.5, 0.6) is 11.8 Å². The third kappa shape index (κ3) is 3.30. The van der Waals surface area contributed by atoms with Crippen molar-refractivity contribution in [1.82, 2.24) is 15.4 Å². The number of carbonyl (C=O) groups excluding carboxylic acids is 2. The zero-order valence-electron chi connectivity index (χ0n) is 10.1. The largest absolute Gasteiger partial charge is 0.492 e. The van der Waals surface area contributed by atoms with Gasteiger partial charge >= 0.3 is 6.09 Å². The van der Waals surface area contributed by atoms with Gasteiger partial charge in [0, 0.05) is 31.1 Å². The van der Waals surface area contributed by atoms with Gasteiger partial charge in [0.2, 0.25) is 17.7 Å². The van der Waals surface area contributed by atoms with Crippen LogP contribution in [-0.2, 0) is 4.79 Å². The van der Waals surface area contributed by atoms with Crippen molar-refractivity contribution in [2.24, 2.45) is 0 Å². The van der Waals surface area contributed by atoms with E-state index in [9.17, 15) is 19.8 Å². The van der Waals surface area contributed by atoms with Crippen molar-refractivity contribution in [2.75, 3.05) is 6.54 Å². The second kappa shape index (κ2) is 5.51. The number of carbonyl (C=O) groups is 2. The summed E-state index contributed by atoms with van der Waals surface area (Å²) in [6, 6.07) is 2.19. The molecule has 0 radical (unpaired) electrons. The summed E-state index contributed by atoms with van der Waals surface area (Å²) in [5.74, 6) is -0.811. The minimum atomic E-state index is -0.804. The normalized spacial score (nSPS) is 19.4. The lowest BCUT2D eigenvalue weighted by Crippen LogP contribution is -2.39. The first-order valence-electron chi connectivity index (χ1n) is 5.91. The fourth-order valence-electron chi connectivity index (χ4n) is 1.84. The quantitative estimate of drug-likeness (QED) is 0.589. The van der Waals surface area contributed by atoms with Crippen molar-refractivity contribution in [3.8, 4) is 11.8 Å². The van der Waals surface area contributed by atoms with Crippen LogP contribution in [-0.4, -0.2) is 39.5 Å². The van der Waals surface area contributed by atoms with E-state index in [0.29, 0.717) is 30.5 Å². The van der Waals surface area contributed by atoms with Gasteiger partial charge in [-0.3, -0.25) is 4.79 Å². The molecule has 104 valence electrons. The number of nitrogens with one attached hydrogen (secondary N) is 2. The van der Waals surface area contributed by atoms with Crippen molar-refractivity contribution in [3.63, 3.8) is 0 Å².